The molecule has 20 heavy (non-hydrogen) atoms. The zero-order valence-corrected chi connectivity index (χ0v) is 13.4. The molecule has 106 valence electrons. The molecule has 0 fully saturated rings. The lowest BCUT2D eigenvalue weighted by Crippen LogP contribution is -2.25. The van der Waals surface area contributed by atoms with E-state index in [1.165, 1.54) is 11.8 Å². The molecule has 1 atom stereocenters. The standard InChI is InChI=1S/C16H19O2PS/c1-3-18-16(20-2)19(17,14-10-6-4-7-11-14)15-12-8-5-9-13-15/h4-13,16H,3H2,1-2H3. The van der Waals surface area contributed by atoms with E-state index < -0.39 is 7.14 Å². The number of ether oxygens (including phenoxy) is 1. The predicted molar refractivity (Wildman–Crippen MR) is 88.7 cm³/mol. The molecular formula is C16H19O2PS. The van der Waals surface area contributed by atoms with E-state index in [2.05, 4.69) is 0 Å². The van der Waals surface area contributed by atoms with Gasteiger partial charge in [-0.25, -0.2) is 0 Å². The van der Waals surface area contributed by atoms with Crippen LogP contribution in [0.2, 0.25) is 0 Å². The van der Waals surface area contributed by atoms with Crippen LogP contribution in [0.15, 0.2) is 60.7 Å². The van der Waals surface area contributed by atoms with Gasteiger partial charge >= 0.3 is 0 Å². The second-order valence-electron chi connectivity index (χ2n) is 4.33. The van der Waals surface area contributed by atoms with Crippen molar-refractivity contribution < 1.29 is 9.30 Å². The lowest BCUT2D eigenvalue weighted by molar-refractivity contribution is 0.172. The summed E-state index contributed by atoms with van der Waals surface area (Å²) < 4.78 is 19.6. The van der Waals surface area contributed by atoms with Crippen molar-refractivity contribution in [3.63, 3.8) is 0 Å². The fourth-order valence-electron chi connectivity index (χ4n) is 2.16. The third kappa shape index (κ3) is 3.01. The van der Waals surface area contributed by atoms with Crippen LogP contribution < -0.4 is 10.6 Å². The van der Waals surface area contributed by atoms with Crippen molar-refractivity contribution in [3.05, 3.63) is 60.7 Å². The Kier molecular flexibility index (Phi) is 5.47. The van der Waals surface area contributed by atoms with Crippen LogP contribution in [-0.2, 0) is 9.30 Å². The van der Waals surface area contributed by atoms with Crippen molar-refractivity contribution in [2.24, 2.45) is 0 Å². The van der Waals surface area contributed by atoms with E-state index in [1.807, 2.05) is 73.8 Å². The second-order valence-corrected chi connectivity index (χ2v) is 8.39. The Bertz CT molecular complexity index is 528. The third-order valence-electron chi connectivity index (χ3n) is 3.09. The van der Waals surface area contributed by atoms with Gasteiger partial charge in [0, 0.05) is 17.2 Å². The van der Waals surface area contributed by atoms with Gasteiger partial charge < -0.3 is 9.30 Å². The highest BCUT2D eigenvalue weighted by atomic mass is 32.2. The molecule has 0 saturated carbocycles. The minimum absolute atomic E-state index is 0.350. The lowest BCUT2D eigenvalue weighted by atomic mass is 10.4. The molecule has 2 aromatic carbocycles. The summed E-state index contributed by atoms with van der Waals surface area (Å²) in [6, 6.07) is 19.3. The summed E-state index contributed by atoms with van der Waals surface area (Å²) in [6.45, 7) is 2.48. The molecule has 2 nitrogen and oxygen atoms in total. The Morgan fingerprint density at radius 2 is 1.45 bits per heavy atom. The molecule has 0 saturated heterocycles. The van der Waals surface area contributed by atoms with E-state index in [9.17, 15) is 4.57 Å². The molecule has 1 unspecified atom stereocenters. The quantitative estimate of drug-likeness (QED) is 0.601. The van der Waals surface area contributed by atoms with Gasteiger partial charge in [-0.3, -0.25) is 0 Å². The minimum Gasteiger partial charge on any atom is -0.359 e. The van der Waals surface area contributed by atoms with Crippen molar-refractivity contribution in [2.45, 2.75) is 12.1 Å². The summed E-state index contributed by atoms with van der Waals surface area (Å²) in [4.78, 5) is 0. The van der Waals surface area contributed by atoms with Crippen molar-refractivity contribution >= 4 is 29.5 Å². The molecule has 0 radical (unpaired) electrons. The molecule has 0 aliphatic carbocycles. The van der Waals surface area contributed by atoms with Crippen LogP contribution in [0.4, 0.5) is 0 Å². The van der Waals surface area contributed by atoms with Crippen LogP contribution in [0.3, 0.4) is 0 Å². The molecule has 0 N–H and O–H groups in total. The maximum absolute atomic E-state index is 13.8. The van der Waals surface area contributed by atoms with E-state index in [0.717, 1.165) is 10.6 Å². The summed E-state index contributed by atoms with van der Waals surface area (Å²) in [7, 11) is -2.81. The molecule has 0 bridgehead atoms. The Balaban J connectivity index is 2.57. The number of hydrogen-bond donors (Lipinski definition) is 0. The summed E-state index contributed by atoms with van der Waals surface area (Å²) >= 11 is 1.51. The second kappa shape index (κ2) is 7.12. The monoisotopic (exact) mass is 306 g/mol. The van der Waals surface area contributed by atoms with E-state index in [4.69, 9.17) is 4.74 Å². The zero-order valence-electron chi connectivity index (χ0n) is 11.7. The lowest BCUT2D eigenvalue weighted by Gasteiger charge is -2.27. The van der Waals surface area contributed by atoms with E-state index >= 15 is 0 Å². The summed E-state index contributed by atoms with van der Waals surface area (Å²) in [6.07, 6.45) is 1.94. The van der Waals surface area contributed by atoms with Gasteiger partial charge in [-0.2, -0.15) is 0 Å². The number of rotatable bonds is 6. The van der Waals surface area contributed by atoms with Crippen molar-refractivity contribution in [3.8, 4) is 0 Å². The molecule has 0 aliphatic heterocycles. The van der Waals surface area contributed by atoms with E-state index in [-0.39, 0.29) is 5.18 Å². The molecule has 0 aliphatic rings. The molecule has 0 spiro atoms. The van der Waals surface area contributed by atoms with Gasteiger partial charge in [0.1, 0.15) is 0 Å². The first-order chi connectivity index (χ1) is 9.73. The maximum atomic E-state index is 13.8. The van der Waals surface area contributed by atoms with Crippen molar-refractivity contribution in [1.82, 2.24) is 0 Å². The molecule has 0 aromatic heterocycles. The van der Waals surface area contributed by atoms with Gasteiger partial charge in [0.05, 0.1) is 0 Å². The number of hydrogen-bond acceptors (Lipinski definition) is 3. The number of thioether (sulfide) groups is 1. The van der Waals surface area contributed by atoms with E-state index in [0.29, 0.717) is 6.61 Å². The highest BCUT2D eigenvalue weighted by Gasteiger charge is 2.36. The molecule has 4 heteroatoms. The van der Waals surface area contributed by atoms with Gasteiger partial charge in [-0.05, 0) is 13.2 Å². The summed E-state index contributed by atoms with van der Waals surface area (Å²) in [5.41, 5.74) is 0. The minimum atomic E-state index is -2.81. The predicted octanol–water partition coefficient (Wildman–Crippen LogP) is 3.68. The first-order valence-electron chi connectivity index (χ1n) is 6.58. The van der Waals surface area contributed by atoms with Crippen LogP contribution in [0.25, 0.3) is 0 Å². The first-order valence-corrected chi connectivity index (χ1v) is 9.65. The van der Waals surface area contributed by atoms with Crippen LogP contribution in [0, 0.1) is 0 Å². The normalized spacial score (nSPS) is 13.1. The van der Waals surface area contributed by atoms with Gasteiger partial charge in [0.25, 0.3) is 0 Å². The average Bonchev–Trinajstić information content (AvgIpc) is 2.53. The topological polar surface area (TPSA) is 26.3 Å². The molecule has 2 rings (SSSR count). The Hall–Kier alpha value is -1.02. The fourth-order valence-corrected chi connectivity index (χ4v) is 6.72. The molecule has 0 amide bonds. The average molecular weight is 306 g/mol. The Labute approximate surface area is 124 Å². The molecule has 0 heterocycles. The smallest absolute Gasteiger partial charge is 0.180 e. The zero-order chi connectivity index (χ0) is 14.4. The van der Waals surface area contributed by atoms with Gasteiger partial charge in [0.15, 0.2) is 12.3 Å². The fraction of sp³-hybridized carbons (Fsp3) is 0.250. The van der Waals surface area contributed by atoms with Gasteiger partial charge in [-0.1, -0.05) is 60.7 Å². The third-order valence-corrected chi connectivity index (χ3v) is 8.02. The Morgan fingerprint density at radius 1 is 1.00 bits per heavy atom. The molecule has 2 aromatic rings. The largest absolute Gasteiger partial charge is 0.359 e. The van der Waals surface area contributed by atoms with Crippen LogP contribution in [0.5, 0.6) is 0 Å². The first kappa shape index (κ1) is 15.4. The van der Waals surface area contributed by atoms with E-state index in [1.54, 1.807) is 0 Å². The SMILES string of the molecule is CCOC(SC)P(=O)(c1ccccc1)c1ccccc1. The Morgan fingerprint density at radius 3 is 1.80 bits per heavy atom. The van der Waals surface area contributed by atoms with Crippen LogP contribution >= 0.6 is 18.9 Å². The highest BCUT2D eigenvalue weighted by molar-refractivity contribution is 8.08. The van der Waals surface area contributed by atoms with Gasteiger partial charge in [-0.15, -0.1) is 11.8 Å². The van der Waals surface area contributed by atoms with Gasteiger partial charge in [0.2, 0.25) is 0 Å². The van der Waals surface area contributed by atoms with Crippen molar-refractivity contribution in [1.29, 1.82) is 0 Å². The summed E-state index contributed by atoms with van der Waals surface area (Å²) in [5.74, 6) is 0. The maximum Gasteiger partial charge on any atom is 0.180 e. The highest BCUT2D eigenvalue weighted by Crippen LogP contribution is 2.52. The number of benzene rings is 2. The van der Waals surface area contributed by atoms with Crippen LogP contribution in [-0.4, -0.2) is 18.0 Å². The van der Waals surface area contributed by atoms with Crippen LogP contribution in [0.1, 0.15) is 6.92 Å². The molecular weight excluding hydrogens is 287 g/mol. The summed E-state index contributed by atoms with van der Waals surface area (Å²) in [5, 5.41) is 1.34. The van der Waals surface area contributed by atoms with Crippen molar-refractivity contribution in [2.75, 3.05) is 12.9 Å².